The quantitative estimate of drug-likeness (QED) is 0.839. The van der Waals surface area contributed by atoms with Crippen molar-refractivity contribution in [1.82, 2.24) is 14.8 Å². The van der Waals surface area contributed by atoms with Gasteiger partial charge in [0.25, 0.3) is 5.91 Å². The van der Waals surface area contributed by atoms with Crippen molar-refractivity contribution in [3.05, 3.63) is 17.3 Å². The van der Waals surface area contributed by atoms with Crippen LogP contribution in [0.25, 0.3) is 0 Å². The van der Waals surface area contributed by atoms with E-state index in [9.17, 15) is 4.79 Å². The summed E-state index contributed by atoms with van der Waals surface area (Å²) >= 11 is 0. The molecule has 25 heavy (non-hydrogen) atoms. The predicted octanol–water partition coefficient (Wildman–Crippen LogP) is 3.44. The molecule has 1 aromatic rings. The normalized spacial score (nSPS) is 26.2. The smallest absolute Gasteiger partial charge is 0.291 e. The molecule has 4 rings (SSSR count). The second kappa shape index (κ2) is 7.10. The average molecular weight is 345 g/mol. The number of aromatic nitrogens is 1. The minimum atomic E-state index is 0.0499. The molecule has 5 heteroatoms. The molecule has 1 unspecified atom stereocenters. The Morgan fingerprint density at radius 3 is 2.64 bits per heavy atom. The molecule has 3 fully saturated rings. The van der Waals surface area contributed by atoms with Crippen LogP contribution in [0.4, 0.5) is 0 Å². The van der Waals surface area contributed by atoms with E-state index >= 15 is 0 Å². The lowest BCUT2D eigenvalue weighted by molar-refractivity contribution is 0.0589. The molecule has 1 atom stereocenters. The van der Waals surface area contributed by atoms with E-state index in [2.05, 4.69) is 16.8 Å². The van der Waals surface area contributed by atoms with Crippen molar-refractivity contribution in [3.8, 4) is 0 Å². The van der Waals surface area contributed by atoms with Gasteiger partial charge in [-0.2, -0.15) is 0 Å². The van der Waals surface area contributed by atoms with E-state index in [1.807, 2.05) is 11.8 Å². The number of hydrogen-bond acceptors (Lipinski definition) is 4. The molecule has 0 bridgehead atoms. The molecule has 138 valence electrons. The number of carbonyl (C=O) groups is 1. The SMILES string of the molecule is Cc1nc(C2CC2)oc1C(=O)N1CCCC(CN2CCC(C)CC2)C1. The van der Waals surface area contributed by atoms with Gasteiger partial charge in [-0.25, -0.2) is 4.98 Å². The van der Waals surface area contributed by atoms with Crippen molar-refractivity contribution in [2.24, 2.45) is 11.8 Å². The largest absolute Gasteiger partial charge is 0.435 e. The van der Waals surface area contributed by atoms with Gasteiger partial charge in [0, 0.05) is 25.6 Å². The molecule has 1 amide bonds. The maximum absolute atomic E-state index is 12.9. The predicted molar refractivity (Wildman–Crippen MR) is 96.7 cm³/mol. The van der Waals surface area contributed by atoms with Crippen LogP contribution >= 0.6 is 0 Å². The Labute approximate surface area is 150 Å². The third kappa shape index (κ3) is 3.91. The molecule has 3 aliphatic rings. The maximum atomic E-state index is 12.9. The van der Waals surface area contributed by atoms with Crippen molar-refractivity contribution in [2.75, 3.05) is 32.7 Å². The molecular formula is C20H31N3O2. The Kier molecular flexibility index (Phi) is 4.85. The fourth-order valence-electron chi connectivity index (χ4n) is 4.27. The van der Waals surface area contributed by atoms with Crippen molar-refractivity contribution in [3.63, 3.8) is 0 Å². The first kappa shape index (κ1) is 17.1. The molecule has 0 N–H and O–H groups in total. The monoisotopic (exact) mass is 345 g/mol. The molecule has 5 nitrogen and oxygen atoms in total. The first-order chi connectivity index (χ1) is 12.1. The van der Waals surface area contributed by atoms with E-state index < -0.39 is 0 Å². The van der Waals surface area contributed by atoms with Gasteiger partial charge in [-0.1, -0.05) is 6.92 Å². The summed E-state index contributed by atoms with van der Waals surface area (Å²) in [4.78, 5) is 22.0. The topological polar surface area (TPSA) is 49.6 Å². The summed E-state index contributed by atoms with van der Waals surface area (Å²) in [5, 5.41) is 0. The number of carbonyl (C=O) groups excluding carboxylic acids is 1. The van der Waals surface area contributed by atoms with Gasteiger partial charge in [-0.3, -0.25) is 4.79 Å². The zero-order chi connectivity index (χ0) is 17.4. The second-order valence-electron chi connectivity index (χ2n) is 8.48. The van der Waals surface area contributed by atoms with Gasteiger partial charge in [-0.05, 0) is 70.4 Å². The summed E-state index contributed by atoms with van der Waals surface area (Å²) in [7, 11) is 0. The zero-order valence-electron chi connectivity index (χ0n) is 15.7. The number of hydrogen-bond donors (Lipinski definition) is 0. The molecule has 0 radical (unpaired) electrons. The lowest BCUT2D eigenvalue weighted by Gasteiger charge is -2.37. The van der Waals surface area contributed by atoms with Crippen molar-refractivity contribution < 1.29 is 9.21 Å². The highest BCUT2D eigenvalue weighted by Gasteiger charge is 2.33. The van der Waals surface area contributed by atoms with Crippen LogP contribution in [0, 0.1) is 18.8 Å². The molecule has 1 saturated carbocycles. The fourth-order valence-corrected chi connectivity index (χ4v) is 4.27. The van der Waals surface area contributed by atoms with Gasteiger partial charge >= 0.3 is 0 Å². The van der Waals surface area contributed by atoms with Crippen molar-refractivity contribution >= 4 is 5.91 Å². The highest BCUT2D eigenvalue weighted by Crippen LogP contribution is 2.40. The first-order valence-electron chi connectivity index (χ1n) is 10.1. The molecule has 1 aliphatic carbocycles. The van der Waals surface area contributed by atoms with Gasteiger partial charge in [0.1, 0.15) is 0 Å². The minimum Gasteiger partial charge on any atom is -0.435 e. The number of rotatable bonds is 4. The highest BCUT2D eigenvalue weighted by molar-refractivity contribution is 5.92. The van der Waals surface area contributed by atoms with Gasteiger partial charge < -0.3 is 14.2 Å². The van der Waals surface area contributed by atoms with E-state index in [4.69, 9.17) is 4.42 Å². The van der Waals surface area contributed by atoms with E-state index in [-0.39, 0.29) is 5.91 Å². The molecule has 2 saturated heterocycles. The van der Waals surface area contributed by atoms with Crippen LogP contribution in [0.2, 0.25) is 0 Å². The Morgan fingerprint density at radius 1 is 1.16 bits per heavy atom. The number of oxazole rings is 1. The third-order valence-electron chi connectivity index (χ3n) is 6.13. The number of piperidine rings is 2. The van der Waals surface area contributed by atoms with Gasteiger partial charge in [0.15, 0.2) is 5.89 Å². The molecule has 0 aromatic carbocycles. The standard InChI is InChI=1S/C20H31N3O2/c1-14-7-10-22(11-8-14)12-16-4-3-9-23(13-16)20(24)18-15(2)21-19(25-18)17-5-6-17/h14,16-17H,3-13H2,1-2H3. The second-order valence-corrected chi connectivity index (χ2v) is 8.48. The van der Waals surface area contributed by atoms with Crippen LogP contribution in [0.3, 0.4) is 0 Å². The molecule has 3 heterocycles. The van der Waals surface area contributed by atoms with Gasteiger partial charge in [0.2, 0.25) is 5.76 Å². The maximum Gasteiger partial charge on any atom is 0.291 e. The Balaban J connectivity index is 1.36. The fraction of sp³-hybridized carbons (Fsp3) is 0.800. The highest BCUT2D eigenvalue weighted by atomic mass is 16.4. The zero-order valence-corrected chi connectivity index (χ0v) is 15.7. The Morgan fingerprint density at radius 2 is 1.92 bits per heavy atom. The van der Waals surface area contributed by atoms with Gasteiger partial charge in [-0.15, -0.1) is 0 Å². The summed E-state index contributed by atoms with van der Waals surface area (Å²) in [6.45, 7) is 9.55. The van der Waals surface area contributed by atoms with Crippen LogP contribution < -0.4 is 0 Å². The lowest BCUT2D eigenvalue weighted by atomic mass is 9.94. The first-order valence-corrected chi connectivity index (χ1v) is 10.1. The van der Waals surface area contributed by atoms with E-state index in [0.717, 1.165) is 56.4 Å². The summed E-state index contributed by atoms with van der Waals surface area (Å²) in [5.41, 5.74) is 0.763. The summed E-state index contributed by atoms with van der Waals surface area (Å²) in [6, 6.07) is 0. The summed E-state index contributed by atoms with van der Waals surface area (Å²) < 4.78 is 5.84. The van der Waals surface area contributed by atoms with Crippen LogP contribution in [-0.2, 0) is 0 Å². The number of nitrogens with zero attached hydrogens (tertiary/aromatic N) is 3. The van der Waals surface area contributed by atoms with Crippen molar-refractivity contribution in [1.29, 1.82) is 0 Å². The number of amides is 1. The van der Waals surface area contributed by atoms with Gasteiger partial charge in [0.05, 0.1) is 5.69 Å². The van der Waals surface area contributed by atoms with Crippen LogP contribution in [0.15, 0.2) is 4.42 Å². The minimum absolute atomic E-state index is 0.0499. The lowest BCUT2D eigenvalue weighted by Crippen LogP contribution is -2.45. The number of aryl methyl sites for hydroxylation is 1. The molecule has 0 spiro atoms. The van der Waals surface area contributed by atoms with Crippen LogP contribution in [0.1, 0.15) is 73.5 Å². The van der Waals surface area contributed by atoms with E-state index in [0.29, 0.717) is 17.6 Å². The van der Waals surface area contributed by atoms with Crippen molar-refractivity contribution in [2.45, 2.75) is 58.3 Å². The number of likely N-dealkylation sites (tertiary alicyclic amines) is 2. The Hall–Kier alpha value is -1.36. The third-order valence-corrected chi connectivity index (χ3v) is 6.13. The molecule has 1 aromatic heterocycles. The Bertz CT molecular complexity index is 614. The van der Waals surface area contributed by atoms with Crippen LogP contribution in [-0.4, -0.2) is 53.4 Å². The average Bonchev–Trinajstić information content (AvgIpc) is 3.39. The molecule has 2 aliphatic heterocycles. The summed E-state index contributed by atoms with van der Waals surface area (Å²) in [5.74, 6) is 3.23. The summed E-state index contributed by atoms with van der Waals surface area (Å²) in [6.07, 6.45) is 7.26. The van der Waals surface area contributed by atoms with E-state index in [1.165, 1.54) is 32.4 Å². The van der Waals surface area contributed by atoms with Crippen LogP contribution in [0.5, 0.6) is 0 Å². The molecular weight excluding hydrogens is 314 g/mol. The van der Waals surface area contributed by atoms with E-state index in [1.54, 1.807) is 0 Å².